The first-order valence-electron chi connectivity index (χ1n) is 9.51. The maximum atomic E-state index is 13.1. The summed E-state index contributed by atoms with van der Waals surface area (Å²) in [6.07, 6.45) is 0. The van der Waals surface area contributed by atoms with E-state index in [2.05, 4.69) is 21.1 Å². The van der Waals surface area contributed by atoms with Crippen molar-refractivity contribution in [3.05, 3.63) is 52.9 Å². The molecule has 6 nitrogen and oxygen atoms in total. The fourth-order valence-corrected chi connectivity index (χ4v) is 5.41. The van der Waals surface area contributed by atoms with Crippen molar-refractivity contribution >= 4 is 33.8 Å². The fraction of sp³-hybridized carbons (Fsp3) is 0.450. The molecule has 4 rings (SSSR count). The van der Waals surface area contributed by atoms with Crippen LogP contribution < -0.4 is 0 Å². The Morgan fingerprint density at radius 3 is 2.79 bits per heavy atom. The van der Waals surface area contributed by atoms with Gasteiger partial charge in [-0.15, -0.1) is 0 Å². The number of aliphatic imine (C=N–C) groups is 1. The maximum absolute atomic E-state index is 13.1. The number of nitrogens with zero attached hydrogens (tertiary/aromatic N) is 4. The Kier molecular flexibility index (Phi) is 6.39. The van der Waals surface area contributed by atoms with Crippen LogP contribution in [0.15, 0.2) is 39.8 Å². The quantitative estimate of drug-likeness (QED) is 0.745. The molecule has 0 saturated carbocycles. The van der Waals surface area contributed by atoms with E-state index in [9.17, 15) is 4.79 Å². The molecule has 3 heterocycles. The SMILES string of the molecule is Cc1cc(CN2CCN(C(=O)c3ccccc3CSC3=NCCS3)CC2)no1. The summed E-state index contributed by atoms with van der Waals surface area (Å²) in [6, 6.07) is 9.94. The molecule has 1 aromatic heterocycles. The summed E-state index contributed by atoms with van der Waals surface area (Å²) < 4.78 is 6.28. The highest BCUT2D eigenvalue weighted by molar-refractivity contribution is 8.38. The molecule has 0 N–H and O–H groups in total. The highest BCUT2D eigenvalue weighted by atomic mass is 32.2. The molecule has 1 saturated heterocycles. The standard InChI is InChI=1S/C20H24N4O2S2/c1-15-12-17(22-26-15)13-23-7-9-24(10-8-23)19(25)18-5-3-2-4-16(18)14-28-20-21-6-11-27-20/h2-5,12H,6-11,13-14H2,1H3. The number of piperazine rings is 1. The summed E-state index contributed by atoms with van der Waals surface area (Å²) in [7, 11) is 0. The van der Waals surface area contributed by atoms with Gasteiger partial charge >= 0.3 is 0 Å². The van der Waals surface area contributed by atoms with Gasteiger partial charge in [0.2, 0.25) is 0 Å². The number of carbonyl (C=O) groups excluding carboxylic acids is 1. The molecule has 0 bridgehead atoms. The molecule has 1 fully saturated rings. The Hall–Kier alpha value is -1.77. The highest BCUT2D eigenvalue weighted by Crippen LogP contribution is 2.27. The zero-order valence-corrected chi connectivity index (χ0v) is 17.6. The second-order valence-electron chi connectivity index (χ2n) is 6.94. The molecule has 0 radical (unpaired) electrons. The van der Waals surface area contributed by atoms with Crippen LogP contribution in [0.5, 0.6) is 0 Å². The average Bonchev–Trinajstić information content (AvgIpc) is 3.38. The number of rotatable bonds is 5. The van der Waals surface area contributed by atoms with Crippen molar-refractivity contribution in [1.29, 1.82) is 0 Å². The lowest BCUT2D eigenvalue weighted by atomic mass is 10.1. The van der Waals surface area contributed by atoms with Gasteiger partial charge in [0.05, 0.1) is 12.2 Å². The summed E-state index contributed by atoms with van der Waals surface area (Å²) >= 11 is 3.54. The third-order valence-corrected chi connectivity index (χ3v) is 7.18. The van der Waals surface area contributed by atoms with Crippen LogP contribution in [0.3, 0.4) is 0 Å². The van der Waals surface area contributed by atoms with E-state index >= 15 is 0 Å². The van der Waals surface area contributed by atoms with E-state index in [-0.39, 0.29) is 5.91 Å². The van der Waals surface area contributed by atoms with E-state index in [4.69, 9.17) is 4.52 Å². The predicted octanol–water partition coefficient (Wildman–Crippen LogP) is 3.28. The molecular weight excluding hydrogens is 392 g/mol. The van der Waals surface area contributed by atoms with Crippen molar-refractivity contribution in [2.75, 3.05) is 38.5 Å². The van der Waals surface area contributed by atoms with Crippen molar-refractivity contribution in [2.24, 2.45) is 4.99 Å². The molecule has 2 aromatic rings. The lowest BCUT2D eigenvalue weighted by Gasteiger charge is -2.34. The molecule has 8 heteroatoms. The second kappa shape index (κ2) is 9.15. The van der Waals surface area contributed by atoms with Gasteiger partial charge in [-0.25, -0.2) is 0 Å². The van der Waals surface area contributed by atoms with Gasteiger partial charge in [0, 0.05) is 55.9 Å². The highest BCUT2D eigenvalue weighted by Gasteiger charge is 2.24. The number of aryl methyl sites for hydroxylation is 1. The average molecular weight is 417 g/mol. The van der Waals surface area contributed by atoms with Crippen LogP contribution in [0.1, 0.15) is 27.4 Å². The molecule has 28 heavy (non-hydrogen) atoms. The molecule has 0 unspecified atom stereocenters. The van der Waals surface area contributed by atoms with Crippen molar-refractivity contribution in [1.82, 2.24) is 15.0 Å². The van der Waals surface area contributed by atoms with Crippen LogP contribution in [-0.4, -0.2) is 63.7 Å². The van der Waals surface area contributed by atoms with E-state index in [0.29, 0.717) is 0 Å². The molecule has 2 aliphatic heterocycles. The first-order chi connectivity index (χ1) is 13.7. The monoisotopic (exact) mass is 416 g/mol. The smallest absolute Gasteiger partial charge is 0.254 e. The third kappa shape index (κ3) is 4.79. The van der Waals surface area contributed by atoms with Crippen LogP contribution in [0, 0.1) is 6.92 Å². The Labute approximate surface area is 173 Å². The number of hydrogen-bond acceptors (Lipinski definition) is 7. The Balaban J connectivity index is 1.34. The molecule has 0 spiro atoms. The molecule has 1 amide bonds. The van der Waals surface area contributed by atoms with Gasteiger partial charge in [0.25, 0.3) is 5.91 Å². The Bertz CT molecular complexity index is 859. The van der Waals surface area contributed by atoms with Crippen molar-refractivity contribution in [3.63, 3.8) is 0 Å². The summed E-state index contributed by atoms with van der Waals surface area (Å²) in [5.41, 5.74) is 2.86. The van der Waals surface area contributed by atoms with E-state index in [1.54, 1.807) is 23.5 Å². The Morgan fingerprint density at radius 2 is 2.07 bits per heavy atom. The van der Waals surface area contributed by atoms with E-state index in [1.165, 1.54) is 0 Å². The van der Waals surface area contributed by atoms with Gasteiger partial charge < -0.3 is 9.42 Å². The lowest BCUT2D eigenvalue weighted by Crippen LogP contribution is -2.48. The maximum Gasteiger partial charge on any atom is 0.254 e. The van der Waals surface area contributed by atoms with E-state index in [0.717, 1.165) is 77.7 Å². The van der Waals surface area contributed by atoms with Crippen LogP contribution in [0.25, 0.3) is 0 Å². The van der Waals surface area contributed by atoms with Crippen LogP contribution in [0.4, 0.5) is 0 Å². The lowest BCUT2D eigenvalue weighted by molar-refractivity contribution is 0.0625. The molecule has 0 aliphatic carbocycles. The summed E-state index contributed by atoms with van der Waals surface area (Å²) in [6.45, 7) is 6.75. The van der Waals surface area contributed by atoms with Crippen LogP contribution in [0.2, 0.25) is 0 Å². The van der Waals surface area contributed by atoms with Gasteiger partial charge in [-0.1, -0.05) is 46.9 Å². The molecular formula is C20H24N4O2S2. The van der Waals surface area contributed by atoms with E-state index < -0.39 is 0 Å². The van der Waals surface area contributed by atoms with Gasteiger partial charge in [0.1, 0.15) is 10.1 Å². The first kappa shape index (κ1) is 19.5. The largest absolute Gasteiger partial charge is 0.361 e. The third-order valence-electron chi connectivity index (χ3n) is 4.88. The topological polar surface area (TPSA) is 61.9 Å². The van der Waals surface area contributed by atoms with Crippen molar-refractivity contribution < 1.29 is 9.32 Å². The normalized spacial score (nSPS) is 17.8. The minimum absolute atomic E-state index is 0.133. The number of carbonyl (C=O) groups is 1. The number of aromatic nitrogens is 1. The minimum Gasteiger partial charge on any atom is -0.361 e. The van der Waals surface area contributed by atoms with Gasteiger partial charge in [0.15, 0.2) is 0 Å². The fourth-order valence-electron chi connectivity index (χ4n) is 3.40. The summed E-state index contributed by atoms with van der Waals surface area (Å²) in [4.78, 5) is 21.9. The second-order valence-corrected chi connectivity index (χ2v) is 9.25. The predicted molar refractivity (Wildman–Crippen MR) is 115 cm³/mol. The van der Waals surface area contributed by atoms with E-state index in [1.807, 2.05) is 36.1 Å². The molecule has 0 atom stereocenters. The van der Waals surface area contributed by atoms with Gasteiger partial charge in [-0.2, -0.15) is 0 Å². The van der Waals surface area contributed by atoms with Crippen LogP contribution in [-0.2, 0) is 12.3 Å². The first-order valence-corrected chi connectivity index (χ1v) is 11.5. The summed E-state index contributed by atoms with van der Waals surface area (Å²) in [5.74, 6) is 2.83. The number of amides is 1. The van der Waals surface area contributed by atoms with Crippen molar-refractivity contribution in [3.8, 4) is 0 Å². The van der Waals surface area contributed by atoms with Crippen LogP contribution >= 0.6 is 23.5 Å². The zero-order valence-electron chi connectivity index (χ0n) is 16.0. The number of benzene rings is 1. The minimum atomic E-state index is 0.133. The van der Waals surface area contributed by atoms with Gasteiger partial charge in [-0.05, 0) is 18.6 Å². The molecule has 148 valence electrons. The molecule has 1 aromatic carbocycles. The molecule has 2 aliphatic rings. The zero-order chi connectivity index (χ0) is 19.3. The number of thioether (sulfide) groups is 2. The Morgan fingerprint density at radius 1 is 1.25 bits per heavy atom. The van der Waals surface area contributed by atoms with Gasteiger partial charge in [-0.3, -0.25) is 14.7 Å². The van der Waals surface area contributed by atoms with Crippen molar-refractivity contribution in [2.45, 2.75) is 19.2 Å². The number of hydrogen-bond donors (Lipinski definition) is 0. The summed E-state index contributed by atoms with van der Waals surface area (Å²) in [5, 5.41) is 4.07.